The highest BCUT2D eigenvalue weighted by molar-refractivity contribution is 9.09. The zero-order chi connectivity index (χ0) is 15.0. The van der Waals surface area contributed by atoms with Crippen molar-refractivity contribution in [3.8, 4) is 0 Å². The van der Waals surface area contributed by atoms with E-state index in [-0.39, 0.29) is 17.2 Å². The van der Waals surface area contributed by atoms with Crippen molar-refractivity contribution in [1.29, 1.82) is 0 Å². The Morgan fingerprint density at radius 1 is 1.40 bits per heavy atom. The third kappa shape index (κ3) is 2.28. The van der Waals surface area contributed by atoms with Crippen LogP contribution in [0.1, 0.15) is 20.8 Å². The first-order valence-corrected chi connectivity index (χ1v) is 7.19. The maximum Gasteiger partial charge on any atom is 0.332 e. The van der Waals surface area contributed by atoms with Gasteiger partial charge in [-0.1, -0.05) is 13.8 Å². The van der Waals surface area contributed by atoms with Gasteiger partial charge in [0.2, 0.25) is 0 Å². The number of hydrogen-bond donors (Lipinski definition) is 0. The molecular formula is C12H18BrN5O2. The molecule has 2 rings (SSSR count). The van der Waals surface area contributed by atoms with Gasteiger partial charge in [-0.25, -0.2) is 18.5 Å². The van der Waals surface area contributed by atoms with E-state index in [0.717, 1.165) is 4.57 Å². The Labute approximate surface area is 124 Å². The van der Waals surface area contributed by atoms with Crippen molar-refractivity contribution in [2.75, 3.05) is 10.6 Å². The van der Waals surface area contributed by atoms with Crippen molar-refractivity contribution >= 4 is 27.3 Å². The van der Waals surface area contributed by atoms with E-state index in [2.05, 4.69) is 21.1 Å². The van der Waals surface area contributed by atoms with E-state index in [1.165, 1.54) is 7.05 Å². The first kappa shape index (κ1) is 14.8. The standard InChI is InChI=1S/C12H18BrN5O2/c1-5-18(13)17-7-14-10-9(17)11(19)15(4)12(20)16(10)6-8(2)3/h7-8H,5-6H2,1-4H3. The van der Waals surface area contributed by atoms with Crippen LogP contribution in [-0.2, 0) is 13.6 Å². The van der Waals surface area contributed by atoms with Crippen molar-refractivity contribution in [3.05, 3.63) is 27.2 Å². The Hall–Kier alpha value is -1.57. The fourth-order valence-electron chi connectivity index (χ4n) is 2.09. The second-order valence-corrected chi connectivity index (χ2v) is 5.88. The average molecular weight is 344 g/mol. The summed E-state index contributed by atoms with van der Waals surface area (Å²) in [7, 11) is 1.49. The number of nitrogens with zero attached hydrogens (tertiary/aromatic N) is 5. The van der Waals surface area contributed by atoms with E-state index in [0.29, 0.717) is 24.3 Å². The van der Waals surface area contributed by atoms with E-state index in [4.69, 9.17) is 0 Å². The lowest BCUT2D eigenvalue weighted by molar-refractivity contribution is 0.500. The van der Waals surface area contributed by atoms with Crippen molar-refractivity contribution in [2.24, 2.45) is 13.0 Å². The maximum atomic E-state index is 12.3. The van der Waals surface area contributed by atoms with Gasteiger partial charge >= 0.3 is 5.69 Å². The SMILES string of the molecule is CCN(Br)n1cnc2c1c(=O)n(C)c(=O)n2CC(C)C. The molecule has 2 heterocycles. The highest BCUT2D eigenvalue weighted by atomic mass is 79.9. The number of rotatable bonds is 4. The molecule has 110 valence electrons. The Bertz CT molecular complexity index is 743. The van der Waals surface area contributed by atoms with E-state index < -0.39 is 0 Å². The molecule has 0 aromatic carbocycles. The quantitative estimate of drug-likeness (QED) is 0.771. The van der Waals surface area contributed by atoms with Gasteiger partial charge in [-0.15, -0.1) is 0 Å². The van der Waals surface area contributed by atoms with Crippen LogP contribution in [0.3, 0.4) is 0 Å². The molecular weight excluding hydrogens is 326 g/mol. The van der Waals surface area contributed by atoms with Gasteiger partial charge in [-0.3, -0.25) is 13.9 Å². The van der Waals surface area contributed by atoms with Gasteiger partial charge in [-0.2, -0.15) is 0 Å². The normalized spacial score (nSPS) is 11.5. The van der Waals surface area contributed by atoms with Crippen LogP contribution in [0.25, 0.3) is 11.2 Å². The third-order valence-electron chi connectivity index (χ3n) is 3.05. The highest BCUT2D eigenvalue weighted by Gasteiger charge is 2.18. The first-order valence-electron chi connectivity index (χ1n) is 6.49. The molecule has 0 atom stereocenters. The number of halogens is 1. The van der Waals surface area contributed by atoms with Gasteiger partial charge in [-0.05, 0) is 12.8 Å². The summed E-state index contributed by atoms with van der Waals surface area (Å²) in [6, 6.07) is 0. The molecule has 2 aromatic rings. The molecule has 0 amide bonds. The molecule has 8 heteroatoms. The molecule has 20 heavy (non-hydrogen) atoms. The first-order chi connectivity index (χ1) is 9.38. The van der Waals surface area contributed by atoms with E-state index in [9.17, 15) is 9.59 Å². The molecule has 0 N–H and O–H groups in total. The van der Waals surface area contributed by atoms with Crippen LogP contribution in [0.15, 0.2) is 15.9 Å². The maximum absolute atomic E-state index is 12.3. The van der Waals surface area contributed by atoms with Gasteiger partial charge < -0.3 is 0 Å². The van der Waals surface area contributed by atoms with Crippen LogP contribution in [-0.4, -0.2) is 25.3 Å². The number of hydrogen-bond acceptors (Lipinski definition) is 4. The minimum Gasteiger partial charge on any atom is -0.276 e. The van der Waals surface area contributed by atoms with Gasteiger partial charge in [0.15, 0.2) is 11.2 Å². The lowest BCUT2D eigenvalue weighted by Gasteiger charge is -2.16. The fraction of sp³-hybridized carbons (Fsp3) is 0.583. The van der Waals surface area contributed by atoms with E-state index in [1.54, 1.807) is 19.6 Å². The molecule has 0 aliphatic rings. The monoisotopic (exact) mass is 343 g/mol. The zero-order valence-corrected chi connectivity index (χ0v) is 13.6. The lowest BCUT2D eigenvalue weighted by atomic mass is 10.2. The number of aromatic nitrogens is 4. The third-order valence-corrected chi connectivity index (χ3v) is 3.90. The Morgan fingerprint density at radius 2 is 2.05 bits per heavy atom. The van der Waals surface area contributed by atoms with Crippen LogP contribution < -0.4 is 15.3 Å². The smallest absolute Gasteiger partial charge is 0.276 e. The van der Waals surface area contributed by atoms with Gasteiger partial charge in [0.1, 0.15) is 6.33 Å². The molecule has 0 spiro atoms. The van der Waals surface area contributed by atoms with E-state index in [1.807, 2.05) is 20.8 Å². The van der Waals surface area contributed by atoms with Crippen molar-refractivity contribution < 1.29 is 0 Å². The molecule has 0 saturated carbocycles. The molecule has 0 bridgehead atoms. The summed E-state index contributed by atoms with van der Waals surface area (Å²) in [4.78, 5) is 28.8. The highest BCUT2D eigenvalue weighted by Crippen LogP contribution is 2.11. The molecule has 2 aromatic heterocycles. The minimum absolute atomic E-state index is 0.282. The second kappa shape index (κ2) is 5.43. The lowest BCUT2D eigenvalue weighted by Crippen LogP contribution is -2.40. The summed E-state index contributed by atoms with van der Waals surface area (Å²) < 4.78 is 5.98. The van der Waals surface area contributed by atoms with E-state index >= 15 is 0 Å². The summed E-state index contributed by atoms with van der Waals surface area (Å²) in [6.07, 6.45) is 1.54. The second-order valence-electron chi connectivity index (χ2n) is 5.07. The van der Waals surface area contributed by atoms with Crippen molar-refractivity contribution in [2.45, 2.75) is 27.3 Å². The summed E-state index contributed by atoms with van der Waals surface area (Å²) in [6.45, 7) is 7.15. The van der Waals surface area contributed by atoms with Crippen LogP contribution in [0.2, 0.25) is 0 Å². The summed E-state index contributed by atoms with van der Waals surface area (Å²) in [5.41, 5.74) is 0.135. The molecule has 0 fully saturated rings. The fourth-order valence-corrected chi connectivity index (χ4v) is 2.33. The van der Waals surface area contributed by atoms with Gasteiger partial charge in [0, 0.05) is 20.1 Å². The van der Waals surface area contributed by atoms with Crippen LogP contribution >= 0.6 is 16.1 Å². The van der Waals surface area contributed by atoms with Crippen LogP contribution in [0.4, 0.5) is 0 Å². The largest absolute Gasteiger partial charge is 0.332 e. The molecule has 7 nitrogen and oxygen atoms in total. The molecule has 0 unspecified atom stereocenters. The summed E-state index contributed by atoms with van der Waals surface area (Å²) >= 11 is 3.36. The predicted octanol–water partition coefficient (Wildman–Crippen LogP) is 0.821. The molecule has 0 radical (unpaired) electrons. The van der Waals surface area contributed by atoms with Crippen LogP contribution in [0.5, 0.6) is 0 Å². The minimum atomic E-state index is -0.347. The Kier molecular flexibility index (Phi) is 4.03. The topological polar surface area (TPSA) is 65.1 Å². The Balaban J connectivity index is 2.85. The van der Waals surface area contributed by atoms with Crippen LogP contribution in [0, 0.1) is 5.92 Å². The molecule has 0 aliphatic carbocycles. The number of imidazole rings is 1. The van der Waals surface area contributed by atoms with Gasteiger partial charge in [0.25, 0.3) is 5.56 Å². The van der Waals surface area contributed by atoms with Gasteiger partial charge in [0.05, 0.1) is 16.1 Å². The molecule has 0 aliphatic heterocycles. The zero-order valence-electron chi connectivity index (χ0n) is 12.0. The number of fused-ring (bicyclic) bond motifs is 1. The Morgan fingerprint density at radius 3 is 2.60 bits per heavy atom. The summed E-state index contributed by atoms with van der Waals surface area (Å²) in [5, 5.41) is 0. The average Bonchev–Trinajstić information content (AvgIpc) is 2.84. The molecule has 0 saturated heterocycles. The predicted molar refractivity (Wildman–Crippen MR) is 81.8 cm³/mol. The van der Waals surface area contributed by atoms with Crippen molar-refractivity contribution in [1.82, 2.24) is 18.8 Å². The summed E-state index contributed by atoms with van der Waals surface area (Å²) in [5.74, 6) is 0.282. The van der Waals surface area contributed by atoms with Crippen molar-refractivity contribution in [3.63, 3.8) is 0 Å².